The van der Waals surface area contributed by atoms with Crippen LogP contribution in [0, 0.1) is 0 Å². The second-order valence-electron chi connectivity index (χ2n) is 1.60. The van der Waals surface area contributed by atoms with E-state index in [4.69, 9.17) is 0 Å². The lowest BCUT2D eigenvalue weighted by Crippen LogP contribution is -2.08. The van der Waals surface area contributed by atoms with Crippen LogP contribution in [0.3, 0.4) is 0 Å². The summed E-state index contributed by atoms with van der Waals surface area (Å²) in [5.74, 6) is 0. The van der Waals surface area contributed by atoms with E-state index in [-0.39, 0.29) is 0 Å². The first-order valence-electron chi connectivity index (χ1n) is 5.27. The Morgan fingerprint density at radius 2 is 1.50 bits per heavy atom. The Bertz CT molecular complexity index is 104. The highest BCUT2D eigenvalue weighted by atomic mass is 14.8. The first-order chi connectivity index (χ1) is 6.85. The molecule has 1 heteroatoms. The van der Waals surface area contributed by atoms with Crippen molar-refractivity contribution in [2.45, 2.75) is 34.6 Å². The van der Waals surface area contributed by atoms with Gasteiger partial charge in [0.2, 0.25) is 0 Å². The molecule has 0 saturated carbocycles. The van der Waals surface area contributed by atoms with Gasteiger partial charge in [-0.15, -0.1) is 13.2 Å². The van der Waals surface area contributed by atoms with Crippen molar-refractivity contribution in [3.05, 3.63) is 37.5 Å². The number of likely N-dealkylation sites (N-methyl/N-ethyl adjacent to an activating group) is 1. The highest BCUT2D eigenvalue weighted by Gasteiger charge is 1.82. The molecule has 0 aliphatic heterocycles. The minimum Gasteiger partial charge on any atom is -0.316 e. The van der Waals surface area contributed by atoms with Crippen molar-refractivity contribution in [3.8, 4) is 0 Å². The first kappa shape index (κ1) is 23.2. The summed E-state index contributed by atoms with van der Waals surface area (Å²) in [6.07, 6.45) is 3.90. The highest BCUT2D eigenvalue weighted by Crippen LogP contribution is 1.89. The molecule has 0 atom stereocenters. The Balaban J connectivity index is -0.0000000708. The highest BCUT2D eigenvalue weighted by molar-refractivity contribution is 5.16. The van der Waals surface area contributed by atoms with E-state index in [0.717, 1.165) is 6.54 Å². The van der Waals surface area contributed by atoms with Crippen molar-refractivity contribution in [3.63, 3.8) is 0 Å². The van der Waals surface area contributed by atoms with Crippen molar-refractivity contribution in [1.29, 1.82) is 0 Å². The van der Waals surface area contributed by atoms with Crippen LogP contribution in [0.15, 0.2) is 37.5 Å². The predicted molar refractivity (Wildman–Crippen MR) is 71.8 cm³/mol. The lowest BCUT2D eigenvalue weighted by molar-refractivity contribution is 0.894. The molecule has 0 aliphatic rings. The molecule has 0 heterocycles. The lowest BCUT2D eigenvalue weighted by Gasteiger charge is -1.95. The summed E-state index contributed by atoms with van der Waals surface area (Å²) in [5, 5.41) is 3.03. The molecule has 0 aromatic rings. The van der Waals surface area contributed by atoms with E-state index in [9.17, 15) is 0 Å². The summed E-state index contributed by atoms with van der Waals surface area (Å²) in [5.41, 5.74) is 1.24. The molecule has 0 saturated heterocycles. The molecular weight excluding hydrogens is 170 g/mol. The topological polar surface area (TPSA) is 12.0 Å². The average Bonchev–Trinajstić information content (AvgIpc) is 2.33. The van der Waals surface area contributed by atoms with Crippen LogP contribution < -0.4 is 5.32 Å². The zero-order valence-electron chi connectivity index (χ0n) is 11.0. The standard InChI is InChI=1S/C7H13N.2C2H6.C2H4/c1-4-7(5-2)6-8-3;3*1-2/h4-5,8H,1,6H2,2-3H3;2*1-2H3;1-2H2/b7-5+;;;. The van der Waals surface area contributed by atoms with E-state index < -0.39 is 0 Å². The summed E-state index contributed by atoms with van der Waals surface area (Å²) < 4.78 is 0. The normalized spacial score (nSPS) is 7.71. The fraction of sp³-hybridized carbons (Fsp3) is 0.538. The monoisotopic (exact) mass is 199 g/mol. The molecule has 0 aromatic carbocycles. The van der Waals surface area contributed by atoms with Gasteiger partial charge >= 0.3 is 0 Å². The van der Waals surface area contributed by atoms with Crippen LogP contribution in [0.2, 0.25) is 0 Å². The Morgan fingerprint density at radius 1 is 1.14 bits per heavy atom. The number of hydrogen-bond acceptors (Lipinski definition) is 1. The molecule has 1 N–H and O–H groups in total. The Labute approximate surface area is 91.6 Å². The maximum atomic E-state index is 3.64. The zero-order chi connectivity index (χ0) is 12.4. The molecule has 0 spiro atoms. The molecule has 0 bridgehead atoms. The number of allylic oxidation sites excluding steroid dienone is 1. The van der Waals surface area contributed by atoms with Gasteiger partial charge in [0.1, 0.15) is 0 Å². The van der Waals surface area contributed by atoms with E-state index in [0.29, 0.717) is 0 Å². The quantitative estimate of drug-likeness (QED) is 0.531. The van der Waals surface area contributed by atoms with Crippen LogP contribution in [-0.2, 0) is 0 Å². The molecule has 86 valence electrons. The molecular formula is C13H29N. The van der Waals surface area contributed by atoms with Crippen molar-refractivity contribution in [1.82, 2.24) is 5.32 Å². The second-order valence-corrected chi connectivity index (χ2v) is 1.60. The van der Waals surface area contributed by atoms with Crippen molar-refractivity contribution in [2.24, 2.45) is 0 Å². The van der Waals surface area contributed by atoms with Crippen LogP contribution in [0.4, 0.5) is 0 Å². The summed E-state index contributed by atoms with van der Waals surface area (Å²) >= 11 is 0. The summed E-state index contributed by atoms with van der Waals surface area (Å²) in [6, 6.07) is 0. The first-order valence-corrected chi connectivity index (χ1v) is 5.27. The molecule has 0 aliphatic carbocycles. The van der Waals surface area contributed by atoms with Crippen LogP contribution in [0.25, 0.3) is 0 Å². The molecule has 14 heavy (non-hydrogen) atoms. The molecule has 0 radical (unpaired) electrons. The Hall–Kier alpha value is -0.820. The van der Waals surface area contributed by atoms with Gasteiger partial charge in [-0.3, -0.25) is 0 Å². The second kappa shape index (κ2) is 39.9. The summed E-state index contributed by atoms with van der Waals surface area (Å²) in [7, 11) is 1.92. The van der Waals surface area contributed by atoms with Gasteiger partial charge < -0.3 is 5.32 Å². The SMILES string of the molecule is C=C.C=C/C(=C\C)CNC.CC.CC. The van der Waals surface area contributed by atoms with Crippen LogP contribution in [0.1, 0.15) is 34.6 Å². The predicted octanol–water partition coefficient (Wildman–Crippen LogP) is 4.19. The fourth-order valence-corrected chi connectivity index (χ4v) is 0.496. The Morgan fingerprint density at radius 3 is 1.57 bits per heavy atom. The van der Waals surface area contributed by atoms with Crippen molar-refractivity contribution < 1.29 is 0 Å². The van der Waals surface area contributed by atoms with Gasteiger partial charge in [-0.2, -0.15) is 0 Å². The molecule has 1 nitrogen and oxygen atoms in total. The van der Waals surface area contributed by atoms with Crippen LogP contribution in [-0.4, -0.2) is 13.6 Å². The van der Waals surface area contributed by atoms with Crippen LogP contribution >= 0.6 is 0 Å². The van der Waals surface area contributed by atoms with Gasteiger partial charge in [-0.1, -0.05) is 46.4 Å². The molecule has 0 unspecified atom stereocenters. The average molecular weight is 199 g/mol. The fourth-order valence-electron chi connectivity index (χ4n) is 0.496. The van der Waals surface area contributed by atoms with Gasteiger partial charge in [0.05, 0.1) is 0 Å². The van der Waals surface area contributed by atoms with Gasteiger partial charge in [-0.25, -0.2) is 0 Å². The Kier molecular flexibility index (Phi) is 66.1. The van der Waals surface area contributed by atoms with Crippen molar-refractivity contribution >= 4 is 0 Å². The maximum Gasteiger partial charge on any atom is 0.0199 e. The molecule has 0 aromatic heterocycles. The smallest absolute Gasteiger partial charge is 0.0199 e. The van der Waals surface area contributed by atoms with E-state index >= 15 is 0 Å². The lowest BCUT2D eigenvalue weighted by atomic mass is 10.2. The minimum atomic E-state index is 0.917. The largest absolute Gasteiger partial charge is 0.316 e. The number of rotatable bonds is 3. The van der Waals surface area contributed by atoms with Gasteiger partial charge in [0.15, 0.2) is 0 Å². The van der Waals surface area contributed by atoms with Gasteiger partial charge in [0.25, 0.3) is 0 Å². The molecule has 0 rings (SSSR count). The van der Waals surface area contributed by atoms with Gasteiger partial charge in [0, 0.05) is 6.54 Å². The minimum absolute atomic E-state index is 0.917. The van der Waals surface area contributed by atoms with E-state index in [1.165, 1.54) is 5.57 Å². The van der Waals surface area contributed by atoms with Crippen LogP contribution in [0.5, 0.6) is 0 Å². The van der Waals surface area contributed by atoms with Gasteiger partial charge in [-0.05, 0) is 19.5 Å². The zero-order valence-corrected chi connectivity index (χ0v) is 11.0. The third kappa shape index (κ3) is 30.3. The van der Waals surface area contributed by atoms with Crippen molar-refractivity contribution in [2.75, 3.05) is 13.6 Å². The number of nitrogens with one attached hydrogen (secondary N) is 1. The molecule has 0 fully saturated rings. The van der Waals surface area contributed by atoms with E-state index in [1.807, 2.05) is 53.8 Å². The maximum absolute atomic E-state index is 3.64. The van der Waals surface area contributed by atoms with E-state index in [2.05, 4.69) is 25.1 Å². The number of hydrogen-bond donors (Lipinski definition) is 1. The van der Waals surface area contributed by atoms with E-state index in [1.54, 1.807) is 0 Å². The third-order valence-corrected chi connectivity index (χ3v) is 1.01. The summed E-state index contributed by atoms with van der Waals surface area (Å²) in [4.78, 5) is 0. The molecule has 0 amide bonds. The third-order valence-electron chi connectivity index (χ3n) is 1.01. The summed E-state index contributed by atoms with van der Waals surface area (Å²) in [6.45, 7) is 20.6.